The molecule has 0 heterocycles. The zero-order valence-corrected chi connectivity index (χ0v) is 17.2. The number of halogens is 1. The van der Waals surface area contributed by atoms with Crippen LogP contribution >= 0.6 is 0 Å². The highest BCUT2D eigenvalue weighted by atomic mass is 32.2. The molecule has 0 atom stereocenters. The van der Waals surface area contributed by atoms with Gasteiger partial charge in [-0.15, -0.1) is 0 Å². The van der Waals surface area contributed by atoms with Gasteiger partial charge in [-0.2, -0.15) is 0 Å². The molecule has 0 saturated carbocycles. The summed E-state index contributed by atoms with van der Waals surface area (Å²) in [6, 6.07) is 10.8. The third kappa shape index (κ3) is 7.61. The largest absolute Gasteiger partial charge is 0.497 e. The van der Waals surface area contributed by atoms with Gasteiger partial charge in [0, 0.05) is 25.0 Å². The average molecular weight is 415 g/mol. The van der Waals surface area contributed by atoms with Gasteiger partial charge in [-0.05, 0) is 23.3 Å². The van der Waals surface area contributed by atoms with Crippen molar-refractivity contribution >= 4 is 10.9 Å². The standard InChI is InChI=1S/C19H23FO4.H3NO2S/c1-21-16-7-5-13(18(11-16)23-3)9-15(20)10-14-6-8-17(22-2)12-19(14)24-4;1-4(2)3/h5-8,11-12,15H,9-10H2,1-4H3;4H,(H2,1,2,3). The van der Waals surface area contributed by atoms with E-state index in [9.17, 15) is 4.39 Å². The highest BCUT2D eigenvalue weighted by molar-refractivity contribution is 7.69. The Bertz CT molecular complexity index is 763. The van der Waals surface area contributed by atoms with E-state index in [1.165, 1.54) is 0 Å². The Morgan fingerprint density at radius 1 is 0.821 bits per heavy atom. The van der Waals surface area contributed by atoms with Crippen molar-refractivity contribution in [2.24, 2.45) is 5.14 Å². The van der Waals surface area contributed by atoms with Crippen LogP contribution in [-0.4, -0.2) is 43.0 Å². The molecule has 0 aliphatic heterocycles. The number of thiol groups is 1. The van der Waals surface area contributed by atoms with E-state index in [-0.39, 0.29) is 12.8 Å². The Balaban J connectivity index is 0.000000892. The average Bonchev–Trinajstić information content (AvgIpc) is 2.68. The Morgan fingerprint density at radius 3 is 1.46 bits per heavy atom. The van der Waals surface area contributed by atoms with E-state index in [1.54, 1.807) is 52.7 Å². The summed E-state index contributed by atoms with van der Waals surface area (Å²) in [5, 5.41) is 4.06. The van der Waals surface area contributed by atoms with E-state index < -0.39 is 17.1 Å². The minimum atomic E-state index is -2.62. The maximum Gasteiger partial charge on any atom is 0.198 e. The molecule has 0 spiro atoms. The quantitative estimate of drug-likeness (QED) is 0.643. The lowest BCUT2D eigenvalue weighted by Gasteiger charge is -2.15. The lowest BCUT2D eigenvalue weighted by Crippen LogP contribution is -2.10. The monoisotopic (exact) mass is 415 g/mol. The van der Waals surface area contributed by atoms with Crippen LogP contribution in [0.5, 0.6) is 23.0 Å². The highest BCUT2D eigenvalue weighted by Crippen LogP contribution is 2.29. The van der Waals surface area contributed by atoms with E-state index in [2.05, 4.69) is 5.14 Å². The lowest BCUT2D eigenvalue weighted by atomic mass is 10.0. The predicted octanol–water partition coefficient (Wildman–Crippen LogP) is 2.32. The molecule has 2 N–H and O–H groups in total. The normalized spacial score (nSPS) is 10.3. The van der Waals surface area contributed by atoms with Gasteiger partial charge in [0.05, 0.1) is 28.4 Å². The van der Waals surface area contributed by atoms with Crippen LogP contribution in [0.2, 0.25) is 0 Å². The molecule has 28 heavy (non-hydrogen) atoms. The first kappa shape index (κ1) is 23.5. The summed E-state index contributed by atoms with van der Waals surface area (Å²) in [5.41, 5.74) is 1.61. The summed E-state index contributed by atoms with van der Waals surface area (Å²) in [6.07, 6.45) is -0.556. The molecule has 0 aromatic heterocycles. The van der Waals surface area contributed by atoms with Crippen LogP contribution in [0.1, 0.15) is 11.1 Å². The van der Waals surface area contributed by atoms with Gasteiger partial charge >= 0.3 is 0 Å². The fourth-order valence-electron chi connectivity index (χ4n) is 2.59. The topological polar surface area (TPSA) is 97.1 Å². The molecule has 0 aliphatic rings. The molecule has 156 valence electrons. The Kier molecular flexibility index (Phi) is 10.1. The van der Waals surface area contributed by atoms with Crippen molar-refractivity contribution in [2.45, 2.75) is 19.0 Å². The fourth-order valence-corrected chi connectivity index (χ4v) is 2.59. The predicted molar refractivity (Wildman–Crippen MR) is 106 cm³/mol. The first-order valence-corrected chi connectivity index (χ1v) is 9.54. The van der Waals surface area contributed by atoms with Gasteiger partial charge in [0.25, 0.3) is 0 Å². The molecular weight excluding hydrogens is 389 g/mol. The molecule has 7 nitrogen and oxygen atoms in total. The molecule has 0 radical (unpaired) electrons. The molecule has 0 unspecified atom stereocenters. The van der Waals surface area contributed by atoms with Crippen molar-refractivity contribution in [3.63, 3.8) is 0 Å². The zero-order chi connectivity index (χ0) is 21.1. The fraction of sp³-hybridized carbons (Fsp3) is 0.368. The maximum absolute atomic E-state index is 14.6. The van der Waals surface area contributed by atoms with Crippen molar-refractivity contribution in [1.82, 2.24) is 0 Å². The van der Waals surface area contributed by atoms with Crippen LogP contribution in [0.3, 0.4) is 0 Å². The Morgan fingerprint density at radius 2 is 1.18 bits per heavy atom. The van der Waals surface area contributed by atoms with Gasteiger partial charge < -0.3 is 18.9 Å². The first-order chi connectivity index (χ1) is 13.3. The second-order valence-corrected chi connectivity index (χ2v) is 6.22. The summed E-state index contributed by atoms with van der Waals surface area (Å²) in [5.74, 6) is 2.61. The van der Waals surface area contributed by atoms with Gasteiger partial charge in [0.15, 0.2) is 10.9 Å². The number of ether oxygens (including phenoxy) is 4. The molecule has 0 amide bonds. The van der Waals surface area contributed by atoms with Crippen molar-refractivity contribution in [3.05, 3.63) is 47.5 Å². The number of benzene rings is 2. The molecule has 0 fully saturated rings. The third-order valence-corrected chi connectivity index (χ3v) is 3.87. The number of rotatable bonds is 8. The first-order valence-electron chi connectivity index (χ1n) is 8.29. The van der Waals surface area contributed by atoms with Crippen LogP contribution in [0.4, 0.5) is 4.39 Å². The minimum Gasteiger partial charge on any atom is -0.497 e. The summed E-state index contributed by atoms with van der Waals surface area (Å²) in [4.78, 5) is 0. The van der Waals surface area contributed by atoms with E-state index in [0.717, 1.165) is 11.1 Å². The van der Waals surface area contributed by atoms with Crippen molar-refractivity contribution in [2.75, 3.05) is 28.4 Å². The van der Waals surface area contributed by atoms with E-state index in [0.29, 0.717) is 23.0 Å². The zero-order valence-electron chi connectivity index (χ0n) is 16.3. The number of hydrogen-bond donors (Lipinski definition) is 2. The van der Waals surface area contributed by atoms with Crippen molar-refractivity contribution in [1.29, 1.82) is 0 Å². The number of nitrogens with two attached hydrogens (primary N) is 1. The van der Waals surface area contributed by atoms with E-state index >= 15 is 0 Å². The lowest BCUT2D eigenvalue weighted by molar-refractivity contribution is 0.317. The molecule has 0 aliphatic carbocycles. The molecule has 2 aromatic rings. The van der Waals surface area contributed by atoms with Crippen LogP contribution < -0.4 is 24.1 Å². The third-order valence-electron chi connectivity index (χ3n) is 3.87. The second-order valence-electron chi connectivity index (χ2n) is 5.65. The van der Waals surface area contributed by atoms with Crippen LogP contribution in [0.15, 0.2) is 36.4 Å². The van der Waals surface area contributed by atoms with Crippen LogP contribution in [0.25, 0.3) is 0 Å². The van der Waals surface area contributed by atoms with Crippen LogP contribution in [0, 0.1) is 0 Å². The molecule has 2 aromatic carbocycles. The second kappa shape index (κ2) is 12.0. The summed E-state index contributed by atoms with van der Waals surface area (Å²) in [6.45, 7) is 0. The smallest absolute Gasteiger partial charge is 0.198 e. The SMILES string of the molecule is COc1ccc(CC(F)Cc2ccc(OC)cc2OC)c(OC)c1.N[SH](=O)=O. The Labute approximate surface area is 166 Å². The van der Waals surface area contributed by atoms with Gasteiger partial charge in [-0.1, -0.05) is 12.1 Å². The number of alkyl halides is 1. The van der Waals surface area contributed by atoms with Gasteiger partial charge in [-0.3, -0.25) is 0 Å². The summed E-state index contributed by atoms with van der Waals surface area (Å²) < 4.78 is 53.2. The van der Waals surface area contributed by atoms with Crippen LogP contribution in [-0.2, 0) is 23.7 Å². The van der Waals surface area contributed by atoms with Gasteiger partial charge in [0.2, 0.25) is 0 Å². The summed E-state index contributed by atoms with van der Waals surface area (Å²) in [7, 11) is 3.69. The maximum atomic E-state index is 14.6. The van der Waals surface area contributed by atoms with Crippen molar-refractivity contribution in [3.8, 4) is 23.0 Å². The van der Waals surface area contributed by atoms with Gasteiger partial charge in [-0.25, -0.2) is 17.9 Å². The molecule has 0 saturated heterocycles. The molecule has 2 rings (SSSR count). The Hall–Kier alpha value is -2.52. The molecular formula is C19H26FNO6S. The van der Waals surface area contributed by atoms with Crippen molar-refractivity contribution < 1.29 is 31.8 Å². The molecule has 0 bridgehead atoms. The number of hydrogen-bond acceptors (Lipinski definition) is 6. The minimum absolute atomic E-state index is 0.252. The number of methoxy groups -OCH3 is 4. The highest BCUT2D eigenvalue weighted by Gasteiger charge is 2.16. The van der Waals surface area contributed by atoms with E-state index in [4.69, 9.17) is 27.4 Å². The summed E-state index contributed by atoms with van der Waals surface area (Å²) >= 11 is 0. The van der Waals surface area contributed by atoms with E-state index in [1.807, 2.05) is 12.1 Å². The molecule has 9 heteroatoms. The van der Waals surface area contributed by atoms with Gasteiger partial charge in [0.1, 0.15) is 29.2 Å².